The van der Waals surface area contributed by atoms with E-state index in [2.05, 4.69) is 34.8 Å². The number of phenols is 1. The monoisotopic (exact) mass is 355 g/mol. The second kappa shape index (κ2) is 7.50. The van der Waals surface area contributed by atoms with Crippen molar-refractivity contribution >= 4 is 15.9 Å². The van der Waals surface area contributed by atoms with E-state index in [1.165, 1.54) is 31.2 Å². The molecule has 1 N–H and O–H groups in total. The van der Waals surface area contributed by atoms with E-state index in [0.717, 1.165) is 12.5 Å². The summed E-state index contributed by atoms with van der Waals surface area (Å²) in [5.41, 5.74) is 1.17. The van der Waals surface area contributed by atoms with Gasteiger partial charge in [0.15, 0.2) is 11.5 Å². The summed E-state index contributed by atoms with van der Waals surface area (Å²) in [6.07, 6.45) is 5.24. The van der Waals surface area contributed by atoms with Crippen LogP contribution in [0.5, 0.6) is 11.5 Å². The molecule has 0 spiro atoms. The van der Waals surface area contributed by atoms with Gasteiger partial charge in [0.05, 0.1) is 11.1 Å². The lowest BCUT2D eigenvalue weighted by atomic mass is 9.86. The fourth-order valence-electron chi connectivity index (χ4n) is 3.08. The molecule has 0 amide bonds. The predicted molar refractivity (Wildman–Crippen MR) is 89.9 cm³/mol. The van der Waals surface area contributed by atoms with Crippen LogP contribution in [-0.4, -0.2) is 29.7 Å². The van der Waals surface area contributed by atoms with Crippen molar-refractivity contribution in [2.24, 2.45) is 5.92 Å². The summed E-state index contributed by atoms with van der Waals surface area (Å²) in [4.78, 5) is 2.43. The normalized spacial score (nSPS) is 22.5. The lowest BCUT2D eigenvalue weighted by Crippen LogP contribution is -2.34. The van der Waals surface area contributed by atoms with E-state index in [1.807, 2.05) is 19.1 Å². The molecule has 0 atom stereocenters. The smallest absolute Gasteiger partial charge is 0.172 e. The number of hydrogen-bond acceptors (Lipinski definition) is 3. The fourth-order valence-corrected chi connectivity index (χ4v) is 3.57. The number of halogens is 1. The Hall–Kier alpha value is -0.740. The molecule has 1 fully saturated rings. The van der Waals surface area contributed by atoms with Gasteiger partial charge in [0.1, 0.15) is 0 Å². The molecular formula is C17H26BrNO2. The summed E-state index contributed by atoms with van der Waals surface area (Å²) in [5, 5.41) is 9.98. The largest absolute Gasteiger partial charge is 0.503 e. The Morgan fingerprint density at radius 3 is 2.57 bits per heavy atom. The highest BCUT2D eigenvalue weighted by molar-refractivity contribution is 9.10. The van der Waals surface area contributed by atoms with Gasteiger partial charge in [-0.05, 0) is 79.2 Å². The third-order valence-corrected chi connectivity index (χ3v) is 5.03. The quantitative estimate of drug-likeness (QED) is 0.839. The van der Waals surface area contributed by atoms with E-state index < -0.39 is 0 Å². The molecule has 0 aliphatic heterocycles. The molecule has 0 heterocycles. The van der Waals surface area contributed by atoms with E-state index >= 15 is 0 Å². The Bertz CT molecular complexity index is 470. The molecular weight excluding hydrogens is 330 g/mol. The summed E-state index contributed by atoms with van der Waals surface area (Å²) in [6.45, 7) is 5.72. The van der Waals surface area contributed by atoms with Crippen molar-refractivity contribution in [3.63, 3.8) is 0 Å². The van der Waals surface area contributed by atoms with Crippen molar-refractivity contribution in [2.45, 2.75) is 52.1 Å². The number of benzene rings is 1. The minimum Gasteiger partial charge on any atom is -0.503 e. The predicted octanol–water partition coefficient (Wildman–Crippen LogP) is 4.56. The Morgan fingerprint density at radius 2 is 1.95 bits per heavy atom. The molecule has 0 aromatic heterocycles. The molecule has 21 heavy (non-hydrogen) atoms. The van der Waals surface area contributed by atoms with Crippen LogP contribution in [0.4, 0.5) is 0 Å². The van der Waals surface area contributed by atoms with E-state index in [4.69, 9.17) is 4.74 Å². The first-order chi connectivity index (χ1) is 10.0. The highest BCUT2D eigenvalue weighted by Gasteiger charge is 2.22. The van der Waals surface area contributed by atoms with Crippen molar-refractivity contribution in [3.8, 4) is 11.5 Å². The van der Waals surface area contributed by atoms with Gasteiger partial charge in [-0.1, -0.05) is 6.92 Å². The van der Waals surface area contributed by atoms with E-state index in [0.29, 0.717) is 22.9 Å². The molecule has 0 radical (unpaired) electrons. The van der Waals surface area contributed by atoms with Crippen LogP contribution in [0.1, 0.15) is 45.1 Å². The van der Waals surface area contributed by atoms with Crippen molar-refractivity contribution < 1.29 is 9.84 Å². The number of hydrogen-bond donors (Lipinski definition) is 1. The Balaban J connectivity index is 2.04. The van der Waals surface area contributed by atoms with Crippen LogP contribution in [0.25, 0.3) is 0 Å². The maximum atomic E-state index is 9.98. The van der Waals surface area contributed by atoms with Gasteiger partial charge in [0, 0.05) is 12.6 Å². The van der Waals surface area contributed by atoms with Gasteiger partial charge in [-0.15, -0.1) is 0 Å². The van der Waals surface area contributed by atoms with E-state index in [1.54, 1.807) is 0 Å². The van der Waals surface area contributed by atoms with Crippen molar-refractivity contribution in [2.75, 3.05) is 13.7 Å². The molecule has 1 aromatic carbocycles. The highest BCUT2D eigenvalue weighted by Crippen LogP contribution is 2.36. The van der Waals surface area contributed by atoms with Crippen LogP contribution in [0.2, 0.25) is 0 Å². The number of phenolic OH excluding ortho intramolecular Hbond substituents is 1. The molecule has 4 heteroatoms. The van der Waals surface area contributed by atoms with Gasteiger partial charge in [0.25, 0.3) is 0 Å². The lowest BCUT2D eigenvalue weighted by molar-refractivity contribution is 0.163. The zero-order valence-corrected chi connectivity index (χ0v) is 14.8. The topological polar surface area (TPSA) is 32.7 Å². The van der Waals surface area contributed by atoms with Crippen LogP contribution in [0, 0.1) is 5.92 Å². The average molecular weight is 356 g/mol. The summed E-state index contributed by atoms with van der Waals surface area (Å²) < 4.78 is 6.20. The summed E-state index contributed by atoms with van der Waals surface area (Å²) in [6, 6.07) is 4.61. The number of ether oxygens (including phenoxy) is 1. The second-order valence-corrected chi connectivity index (χ2v) is 7.04. The first-order valence-electron chi connectivity index (χ1n) is 7.85. The van der Waals surface area contributed by atoms with Crippen LogP contribution in [0.15, 0.2) is 16.6 Å². The third kappa shape index (κ3) is 4.36. The lowest BCUT2D eigenvalue weighted by Gasteiger charge is -2.33. The van der Waals surface area contributed by atoms with E-state index in [-0.39, 0.29) is 5.75 Å². The number of nitrogens with zero attached hydrogens (tertiary/aromatic N) is 1. The number of aromatic hydroxyl groups is 1. The molecule has 118 valence electrons. The molecule has 1 aliphatic rings. The van der Waals surface area contributed by atoms with Gasteiger partial charge in [-0.25, -0.2) is 0 Å². The first-order valence-corrected chi connectivity index (χ1v) is 8.65. The van der Waals surface area contributed by atoms with Crippen LogP contribution >= 0.6 is 15.9 Å². The molecule has 2 rings (SSSR count). The molecule has 1 saturated carbocycles. The van der Waals surface area contributed by atoms with Gasteiger partial charge in [-0.3, -0.25) is 4.90 Å². The third-order valence-electron chi connectivity index (χ3n) is 4.43. The van der Waals surface area contributed by atoms with Crippen LogP contribution in [0.3, 0.4) is 0 Å². The van der Waals surface area contributed by atoms with Gasteiger partial charge in [0.2, 0.25) is 0 Å². The zero-order valence-electron chi connectivity index (χ0n) is 13.2. The molecule has 1 aromatic rings. The standard InChI is InChI=1S/C17H26BrNO2/c1-4-21-16-10-13(9-15(18)17(16)20)11-19(3)14-7-5-12(2)6-8-14/h9-10,12,14,20H,4-8,11H2,1-3H3. The molecule has 0 unspecified atom stereocenters. The highest BCUT2D eigenvalue weighted by atomic mass is 79.9. The van der Waals surface area contributed by atoms with Crippen molar-refractivity contribution in [1.82, 2.24) is 4.90 Å². The maximum Gasteiger partial charge on any atom is 0.172 e. The molecule has 0 bridgehead atoms. The summed E-state index contributed by atoms with van der Waals surface area (Å²) in [5.74, 6) is 1.63. The maximum absolute atomic E-state index is 9.98. The summed E-state index contributed by atoms with van der Waals surface area (Å²) >= 11 is 3.41. The second-order valence-electron chi connectivity index (χ2n) is 6.19. The summed E-state index contributed by atoms with van der Waals surface area (Å²) in [7, 11) is 2.20. The van der Waals surface area contributed by atoms with E-state index in [9.17, 15) is 5.11 Å². The Morgan fingerprint density at radius 1 is 1.29 bits per heavy atom. The Kier molecular flexibility index (Phi) is 5.94. The minimum absolute atomic E-state index is 0.190. The van der Waals surface area contributed by atoms with Crippen molar-refractivity contribution in [3.05, 3.63) is 22.2 Å². The van der Waals surface area contributed by atoms with Crippen LogP contribution in [-0.2, 0) is 6.54 Å². The SMILES string of the molecule is CCOc1cc(CN(C)C2CCC(C)CC2)cc(Br)c1O. The molecule has 3 nitrogen and oxygen atoms in total. The Labute approximate surface area is 136 Å². The minimum atomic E-state index is 0.190. The molecule has 1 aliphatic carbocycles. The fraction of sp³-hybridized carbons (Fsp3) is 0.647. The zero-order chi connectivity index (χ0) is 15.4. The van der Waals surface area contributed by atoms with Gasteiger partial charge in [-0.2, -0.15) is 0 Å². The first kappa shape index (κ1) is 16.6. The van der Waals surface area contributed by atoms with Crippen LogP contribution < -0.4 is 4.74 Å². The number of rotatable bonds is 5. The molecule has 0 saturated heterocycles. The average Bonchev–Trinajstić information content (AvgIpc) is 2.45. The van der Waals surface area contributed by atoms with Gasteiger partial charge < -0.3 is 9.84 Å². The van der Waals surface area contributed by atoms with Gasteiger partial charge >= 0.3 is 0 Å². The van der Waals surface area contributed by atoms with Crippen molar-refractivity contribution in [1.29, 1.82) is 0 Å².